The monoisotopic (exact) mass is 223 g/mol. The van der Waals surface area contributed by atoms with Crippen LogP contribution in [0.3, 0.4) is 0 Å². The van der Waals surface area contributed by atoms with Crippen LogP contribution < -0.4 is 4.74 Å². The Bertz CT molecular complexity index is 436. The van der Waals surface area contributed by atoms with Crippen LogP contribution in [0.5, 0.6) is 5.75 Å². The molecular weight excluding hydrogens is 214 g/mol. The number of rotatable bonds is 3. The quantitative estimate of drug-likeness (QED) is 0.434. The van der Waals surface area contributed by atoms with Gasteiger partial charge in [0.15, 0.2) is 0 Å². The first-order valence-electron chi connectivity index (χ1n) is 4.24. The van der Waals surface area contributed by atoms with E-state index in [1.807, 2.05) is 6.07 Å². The van der Waals surface area contributed by atoms with Gasteiger partial charge in [0.1, 0.15) is 5.75 Å². The second-order valence-electron chi connectivity index (χ2n) is 2.87. The molecule has 0 radical (unpaired) electrons. The van der Waals surface area contributed by atoms with Crippen LogP contribution in [0.4, 0.5) is 0 Å². The van der Waals surface area contributed by atoms with Crippen LogP contribution >= 0.6 is 11.6 Å². The average molecular weight is 224 g/mol. The molecule has 0 aliphatic heterocycles. The molecule has 0 aliphatic carbocycles. The van der Waals surface area contributed by atoms with Gasteiger partial charge >= 0.3 is 0 Å². The van der Waals surface area contributed by atoms with Crippen molar-refractivity contribution in [1.82, 2.24) is 0 Å². The minimum Gasteiger partial charge on any atom is -0.495 e. The van der Waals surface area contributed by atoms with E-state index in [0.717, 1.165) is 5.56 Å². The topological polar surface area (TPSA) is 58.0 Å². The fourth-order valence-electron chi connectivity index (χ4n) is 1.11. The summed E-state index contributed by atoms with van der Waals surface area (Å²) in [6.07, 6.45) is 1.74. The van der Waals surface area contributed by atoms with Gasteiger partial charge in [-0.2, -0.15) is 0 Å². The number of hydrogen-bond acceptors (Lipinski definition) is 2. The maximum Gasteiger partial charge on any atom is 0.137 e. The molecule has 0 aromatic heterocycles. The molecule has 1 aromatic carbocycles. The Morgan fingerprint density at radius 1 is 1.60 bits per heavy atom. The number of ether oxygens (including phenoxy) is 1. The SMILES string of the molecule is COc1ccc(/C=C(/C)N=[N+]=[N-])cc1Cl. The highest BCUT2D eigenvalue weighted by Gasteiger charge is 1.99. The van der Waals surface area contributed by atoms with Gasteiger partial charge < -0.3 is 4.74 Å². The second-order valence-corrected chi connectivity index (χ2v) is 3.28. The van der Waals surface area contributed by atoms with Crippen LogP contribution in [0.1, 0.15) is 12.5 Å². The lowest BCUT2D eigenvalue weighted by Crippen LogP contribution is -1.84. The van der Waals surface area contributed by atoms with Crippen LogP contribution in [0.25, 0.3) is 16.5 Å². The maximum absolute atomic E-state index is 8.22. The molecule has 0 saturated carbocycles. The minimum absolute atomic E-state index is 0.528. The molecule has 15 heavy (non-hydrogen) atoms. The van der Waals surface area contributed by atoms with Gasteiger partial charge in [-0.3, -0.25) is 0 Å². The number of hydrogen-bond donors (Lipinski definition) is 0. The zero-order valence-corrected chi connectivity index (χ0v) is 9.19. The number of nitrogens with zero attached hydrogens (tertiary/aromatic N) is 3. The second kappa shape index (κ2) is 5.29. The lowest BCUT2D eigenvalue weighted by molar-refractivity contribution is 0.415. The zero-order valence-electron chi connectivity index (χ0n) is 8.44. The van der Waals surface area contributed by atoms with Gasteiger partial charge in [0.25, 0.3) is 0 Å². The third-order valence-corrected chi connectivity index (χ3v) is 2.05. The predicted octanol–water partition coefficient (Wildman–Crippen LogP) is 4.02. The van der Waals surface area contributed by atoms with Crippen molar-refractivity contribution in [2.45, 2.75) is 6.92 Å². The van der Waals surface area contributed by atoms with Gasteiger partial charge in [0.2, 0.25) is 0 Å². The summed E-state index contributed by atoms with van der Waals surface area (Å²) in [5.41, 5.74) is 9.67. The van der Waals surface area contributed by atoms with E-state index in [1.54, 1.807) is 32.2 Å². The molecule has 0 spiro atoms. The van der Waals surface area contributed by atoms with Gasteiger partial charge in [0, 0.05) is 10.6 Å². The Hall–Kier alpha value is -1.64. The molecule has 5 heteroatoms. The van der Waals surface area contributed by atoms with Crippen molar-refractivity contribution in [2.24, 2.45) is 5.11 Å². The normalized spacial score (nSPS) is 10.7. The summed E-state index contributed by atoms with van der Waals surface area (Å²) in [7, 11) is 1.56. The largest absolute Gasteiger partial charge is 0.495 e. The van der Waals surface area contributed by atoms with E-state index >= 15 is 0 Å². The number of halogens is 1. The van der Waals surface area contributed by atoms with Crippen molar-refractivity contribution in [3.63, 3.8) is 0 Å². The van der Waals surface area contributed by atoms with Crippen molar-refractivity contribution < 1.29 is 4.74 Å². The summed E-state index contributed by atoms with van der Waals surface area (Å²) < 4.78 is 5.02. The molecule has 0 unspecified atom stereocenters. The van der Waals surface area contributed by atoms with Gasteiger partial charge in [-0.05, 0) is 36.2 Å². The summed E-state index contributed by atoms with van der Waals surface area (Å²) in [5.74, 6) is 0.621. The van der Waals surface area contributed by atoms with E-state index in [2.05, 4.69) is 10.0 Å². The van der Waals surface area contributed by atoms with Gasteiger partial charge in [-0.1, -0.05) is 22.8 Å². The van der Waals surface area contributed by atoms with E-state index in [-0.39, 0.29) is 0 Å². The Balaban J connectivity index is 3.03. The van der Waals surface area contributed by atoms with Gasteiger partial charge in [0.05, 0.1) is 12.1 Å². The molecule has 78 valence electrons. The van der Waals surface area contributed by atoms with Gasteiger partial charge in [-0.25, -0.2) is 0 Å². The Morgan fingerprint density at radius 3 is 2.87 bits per heavy atom. The number of allylic oxidation sites excluding steroid dienone is 1. The number of azide groups is 1. The lowest BCUT2D eigenvalue weighted by Gasteiger charge is -2.03. The van der Waals surface area contributed by atoms with E-state index in [1.165, 1.54) is 0 Å². The molecule has 0 N–H and O–H groups in total. The van der Waals surface area contributed by atoms with E-state index in [4.69, 9.17) is 21.9 Å². The lowest BCUT2D eigenvalue weighted by atomic mass is 10.2. The first kappa shape index (κ1) is 11.4. The summed E-state index contributed by atoms with van der Waals surface area (Å²) in [6, 6.07) is 5.34. The van der Waals surface area contributed by atoms with Gasteiger partial charge in [-0.15, -0.1) is 0 Å². The van der Waals surface area contributed by atoms with Crippen LogP contribution in [0.2, 0.25) is 5.02 Å². The number of methoxy groups -OCH3 is 1. The summed E-state index contributed by atoms with van der Waals surface area (Å²) in [5, 5.41) is 3.99. The van der Waals surface area contributed by atoms with Crippen molar-refractivity contribution in [2.75, 3.05) is 7.11 Å². The zero-order chi connectivity index (χ0) is 11.3. The van der Waals surface area contributed by atoms with Crippen LogP contribution in [-0.4, -0.2) is 7.11 Å². The summed E-state index contributed by atoms with van der Waals surface area (Å²) >= 11 is 5.93. The molecule has 0 heterocycles. The van der Waals surface area contributed by atoms with E-state index < -0.39 is 0 Å². The summed E-state index contributed by atoms with van der Waals surface area (Å²) in [4.78, 5) is 2.69. The summed E-state index contributed by atoms with van der Waals surface area (Å²) in [6.45, 7) is 1.72. The van der Waals surface area contributed by atoms with E-state index in [9.17, 15) is 0 Å². The molecule has 0 bridgehead atoms. The predicted molar refractivity (Wildman–Crippen MR) is 60.8 cm³/mol. The van der Waals surface area contributed by atoms with Crippen molar-refractivity contribution in [1.29, 1.82) is 0 Å². The average Bonchev–Trinajstić information content (AvgIpc) is 2.18. The van der Waals surface area contributed by atoms with Crippen LogP contribution in [-0.2, 0) is 0 Å². The third-order valence-electron chi connectivity index (χ3n) is 1.75. The first-order valence-corrected chi connectivity index (χ1v) is 4.62. The highest BCUT2D eigenvalue weighted by molar-refractivity contribution is 6.32. The highest BCUT2D eigenvalue weighted by Crippen LogP contribution is 2.25. The molecule has 0 atom stereocenters. The third kappa shape index (κ3) is 3.20. The fraction of sp³-hybridized carbons (Fsp3) is 0.200. The highest BCUT2D eigenvalue weighted by atomic mass is 35.5. The van der Waals surface area contributed by atoms with Crippen LogP contribution in [0.15, 0.2) is 29.0 Å². The minimum atomic E-state index is 0.528. The van der Waals surface area contributed by atoms with Crippen molar-refractivity contribution in [3.05, 3.63) is 44.9 Å². The fourth-order valence-corrected chi connectivity index (χ4v) is 1.38. The molecule has 0 amide bonds. The standard InChI is InChI=1S/C10H10ClN3O/c1-7(13-14-12)5-8-3-4-10(15-2)9(11)6-8/h3-6H,1-2H3/b7-5-. The van der Waals surface area contributed by atoms with E-state index in [0.29, 0.717) is 16.5 Å². The smallest absolute Gasteiger partial charge is 0.137 e. The molecular formula is C10H10ClN3O. The molecule has 1 aromatic rings. The molecule has 0 saturated heterocycles. The van der Waals surface area contributed by atoms with Crippen molar-refractivity contribution >= 4 is 17.7 Å². The molecule has 0 aliphatic rings. The maximum atomic E-state index is 8.22. The van der Waals surface area contributed by atoms with Crippen LogP contribution in [0, 0.1) is 0 Å². The Kier molecular flexibility index (Phi) is 4.03. The molecule has 1 rings (SSSR count). The first-order chi connectivity index (χ1) is 7.17. The number of benzene rings is 1. The molecule has 4 nitrogen and oxygen atoms in total. The van der Waals surface area contributed by atoms with Crippen molar-refractivity contribution in [3.8, 4) is 5.75 Å². The Morgan fingerprint density at radius 2 is 2.33 bits per heavy atom. The molecule has 0 fully saturated rings. The Labute approximate surface area is 92.8 Å².